The van der Waals surface area contributed by atoms with E-state index in [1.54, 1.807) is 0 Å². The van der Waals surface area contributed by atoms with Crippen LogP contribution in [-0.2, 0) is 89.3 Å². The molecule has 0 amide bonds. The quantitative estimate of drug-likeness (QED) is 0.0204. The van der Waals surface area contributed by atoms with Crippen molar-refractivity contribution >= 4 is 326 Å². The summed E-state index contributed by atoms with van der Waals surface area (Å²) in [5, 5.41) is 26.5. The van der Waals surface area contributed by atoms with Crippen LogP contribution in [0, 0.1) is 0 Å². The van der Waals surface area contributed by atoms with Crippen LogP contribution in [0.5, 0.6) is 5.75 Å². The minimum Gasteiger partial charge on any atom is -0.505 e. The molecule has 1 heterocycles. The SMILES string of the molecule is Nc1c(N=Nc2ccc(S(=O)(=O)CCOS(=O)(=O)O)cc2S(=O)(=O)O)c(S(=O)(=O)O)cc2cc(S(=O)(=O)O)c(N=Nc3cc(N=c4nc(Nc5ccc(S(=O)(=O)CCOS(=O)(=O)O)cc5)nc(Cl)[nH]4)ccc3S(=O)(=O)O)c(O)c12.[Na].[Na].[Na].[Na].[Na].[Na]. The molecule has 35 nitrogen and oxygen atoms in total. The number of hydrogen-bond donors (Lipinski definition) is 10. The molecule has 6 radical (unpaired) electrons. The van der Waals surface area contributed by atoms with E-state index in [2.05, 4.69) is 54.1 Å². The van der Waals surface area contributed by atoms with Crippen molar-refractivity contribution in [1.82, 2.24) is 15.0 Å². The number of nitrogen functional groups attached to an aromatic ring is 1. The standard InChI is InChI=1S/C35H31ClN10O25S8.6Na/c36-33-40-34(38-18-1-4-20(5-2-18)72(48,49)11-9-70-78(64,65)66)42-35(41-33)39-19-3-8-24(74(52,53)54)23(15-19)44-46-31-27(77(61,62)63)14-17-13-26(76(58,59)60)30(29(37)28(17)32(31)47)45-43-22-7-6-21(16-25(22)75(55,56)57)73(50,51)12-10-71-79(67,68)69;;;;;;/h1-8,13-16,47H,9-12,37H2,(H,52,53,54)(H,55,56,57)(H,58,59,60)(H,61,62,63)(H,64,65,66)(H,67,68,69)(H2,38,39,40,41,42);;;;;;. The van der Waals surface area contributed by atoms with Crippen molar-refractivity contribution in [2.45, 2.75) is 29.4 Å². The molecule has 6 rings (SSSR count). The molecule has 5 aromatic carbocycles. The van der Waals surface area contributed by atoms with Gasteiger partial charge in [0.2, 0.25) is 16.9 Å². The minimum absolute atomic E-state index is 0. The molecule has 0 aliphatic carbocycles. The van der Waals surface area contributed by atoms with Crippen molar-refractivity contribution in [2.75, 3.05) is 35.8 Å². The van der Waals surface area contributed by atoms with Crippen molar-refractivity contribution in [3.63, 3.8) is 0 Å². The van der Waals surface area contributed by atoms with Crippen LogP contribution in [-0.4, -0.2) is 317 Å². The maximum absolute atomic E-state index is 12.8. The first-order valence-corrected chi connectivity index (χ1v) is 32.2. The number of H-pyrrole nitrogens is 1. The number of nitrogens with one attached hydrogen (secondary N) is 2. The number of rotatable bonds is 21. The summed E-state index contributed by atoms with van der Waals surface area (Å²) in [6, 6.07) is 9.45. The Morgan fingerprint density at radius 1 is 0.529 bits per heavy atom. The predicted octanol–water partition coefficient (Wildman–Crippen LogP) is 0.594. The number of aromatic amines is 1. The molecular formula is C35H31ClN10Na6O25S8. The molecule has 11 N–H and O–H groups in total. The van der Waals surface area contributed by atoms with Crippen molar-refractivity contribution < 1.29 is 108 Å². The average Bonchev–Trinajstić information content (AvgIpc) is 3.28. The van der Waals surface area contributed by atoms with E-state index in [0.717, 1.165) is 24.3 Å². The summed E-state index contributed by atoms with van der Waals surface area (Å²) in [6.07, 6.45) is 0. The zero-order valence-electron chi connectivity index (χ0n) is 44.1. The Hall–Kier alpha value is -0.660. The van der Waals surface area contributed by atoms with Crippen molar-refractivity contribution in [2.24, 2.45) is 25.4 Å². The zero-order valence-corrected chi connectivity index (χ0v) is 63.4. The van der Waals surface area contributed by atoms with Gasteiger partial charge in [0.05, 0.1) is 51.3 Å². The number of azo groups is 2. The molecule has 0 saturated heterocycles. The van der Waals surface area contributed by atoms with Gasteiger partial charge in [0.25, 0.3) is 40.5 Å². The van der Waals surface area contributed by atoms with Crippen molar-refractivity contribution in [1.29, 1.82) is 0 Å². The van der Waals surface area contributed by atoms with E-state index in [1.165, 1.54) is 12.1 Å². The fraction of sp³-hybridized carbons (Fsp3) is 0.114. The number of nitrogens with two attached hydrogens (primary N) is 1. The van der Waals surface area contributed by atoms with Gasteiger partial charge in [0.1, 0.15) is 42.3 Å². The number of sulfone groups is 2. The first kappa shape index (κ1) is 84.3. The molecule has 50 heteroatoms. The molecule has 0 aliphatic rings. The number of phenolic OH excluding ortho intramolecular Hbond substituents is 1. The monoisotopic (exact) mass is 1420 g/mol. The third-order valence-electron chi connectivity index (χ3n) is 9.68. The van der Waals surface area contributed by atoms with E-state index < -0.39 is 186 Å². The molecule has 432 valence electrons. The summed E-state index contributed by atoms with van der Waals surface area (Å²) in [5.74, 6) is -3.76. The van der Waals surface area contributed by atoms with Crippen LogP contribution < -0.4 is 16.7 Å². The molecule has 0 aliphatic heterocycles. The summed E-state index contributed by atoms with van der Waals surface area (Å²) >= 11 is 6.12. The Balaban J connectivity index is 0.0000118. The normalized spacial score (nSPS) is 12.7. The van der Waals surface area contributed by atoms with E-state index in [0.29, 0.717) is 36.4 Å². The number of anilines is 3. The first-order chi connectivity index (χ1) is 36.1. The number of nitrogens with zero attached hydrogens (tertiary/aromatic N) is 7. The second-order valence-corrected chi connectivity index (χ2v) is 27.4. The number of hydrogen-bond acceptors (Lipinski definition) is 28. The van der Waals surface area contributed by atoms with Crippen LogP contribution in [0.4, 0.5) is 45.8 Å². The third kappa shape index (κ3) is 23.5. The van der Waals surface area contributed by atoms with Crippen LogP contribution >= 0.6 is 11.6 Å². The van der Waals surface area contributed by atoms with Gasteiger partial charge in [0, 0.05) is 183 Å². The van der Waals surface area contributed by atoms with E-state index in [9.17, 15) is 90.7 Å². The Kier molecular flexibility index (Phi) is 32.5. The fourth-order valence-corrected chi connectivity index (χ4v) is 12.2. The smallest absolute Gasteiger partial charge is 0.397 e. The summed E-state index contributed by atoms with van der Waals surface area (Å²) in [7, 11) is -40.8. The number of benzene rings is 5. The Bertz CT molecular complexity index is 4620. The van der Waals surface area contributed by atoms with Gasteiger partial charge in [-0.25, -0.2) is 30.2 Å². The Labute approximate surface area is 619 Å². The topological polar surface area (TPSA) is 575 Å². The molecule has 0 spiro atoms. The average molecular weight is 1420 g/mol. The molecule has 0 saturated carbocycles. The van der Waals surface area contributed by atoms with Crippen molar-refractivity contribution in [3.05, 3.63) is 83.7 Å². The molecule has 1 aromatic heterocycles. The molecular weight excluding hydrogens is 1390 g/mol. The van der Waals surface area contributed by atoms with E-state index in [4.69, 9.17) is 26.4 Å². The molecule has 0 fully saturated rings. The van der Waals surface area contributed by atoms with Gasteiger partial charge in [-0.2, -0.15) is 60.5 Å². The molecule has 6 aromatic rings. The summed E-state index contributed by atoms with van der Waals surface area (Å²) in [6.45, 7) is -2.06. The zero-order chi connectivity index (χ0) is 59.1. The summed E-state index contributed by atoms with van der Waals surface area (Å²) in [5.41, 5.74) is 0.182. The van der Waals surface area contributed by atoms with Crippen LogP contribution in [0.3, 0.4) is 0 Å². The second kappa shape index (κ2) is 32.8. The molecule has 0 unspecified atom stereocenters. The number of aromatic hydroxyl groups is 1. The number of halogens is 1. The summed E-state index contributed by atoms with van der Waals surface area (Å²) < 4.78 is 260. The summed E-state index contributed by atoms with van der Waals surface area (Å²) in [4.78, 5) is 8.20. The van der Waals surface area contributed by atoms with Crippen molar-refractivity contribution in [3.8, 4) is 5.75 Å². The largest absolute Gasteiger partial charge is 0.505 e. The first-order valence-electron chi connectivity index (χ1n) is 20.0. The molecule has 0 bridgehead atoms. The minimum atomic E-state index is -5.61. The van der Waals surface area contributed by atoms with Crippen LogP contribution in [0.15, 0.2) is 128 Å². The fourth-order valence-electron chi connectivity index (χ4n) is 6.37. The molecule has 0 atom stereocenters. The van der Waals surface area contributed by atoms with Gasteiger partial charge in [-0.05, 0) is 89.8 Å². The number of phenols is 1. The van der Waals surface area contributed by atoms with Gasteiger partial charge < -0.3 is 16.2 Å². The van der Waals surface area contributed by atoms with Gasteiger partial charge in [-0.15, -0.1) is 20.5 Å². The maximum Gasteiger partial charge on any atom is 0.397 e. The number of fused-ring (bicyclic) bond motifs is 1. The van der Waals surface area contributed by atoms with Gasteiger partial charge in [-0.3, -0.25) is 32.3 Å². The van der Waals surface area contributed by atoms with Crippen LogP contribution in [0.25, 0.3) is 10.8 Å². The maximum atomic E-state index is 12.8. The van der Waals surface area contributed by atoms with E-state index in [-0.39, 0.29) is 200 Å². The van der Waals surface area contributed by atoms with Crippen LogP contribution in [0.2, 0.25) is 5.28 Å². The van der Waals surface area contributed by atoms with E-state index in [1.807, 2.05) is 0 Å². The second-order valence-electron chi connectivity index (χ2n) is 15.1. The van der Waals surface area contributed by atoms with Gasteiger partial charge >= 0.3 is 20.8 Å². The Morgan fingerprint density at radius 2 is 0.988 bits per heavy atom. The Morgan fingerprint density at radius 3 is 1.48 bits per heavy atom. The van der Waals surface area contributed by atoms with Gasteiger partial charge in [-0.1, -0.05) is 0 Å². The number of aromatic nitrogens is 3. The van der Waals surface area contributed by atoms with E-state index >= 15 is 0 Å². The van der Waals surface area contributed by atoms with Gasteiger partial charge in [0.15, 0.2) is 25.4 Å². The van der Waals surface area contributed by atoms with Crippen LogP contribution in [0.1, 0.15) is 0 Å². The predicted molar refractivity (Wildman–Crippen MR) is 300 cm³/mol. The molecule has 85 heavy (non-hydrogen) atoms. The third-order valence-corrected chi connectivity index (χ3v) is 17.7.